The van der Waals surface area contributed by atoms with Crippen molar-refractivity contribution < 1.29 is 14.9 Å². The molecule has 0 saturated carbocycles. The first kappa shape index (κ1) is 20.2. The van der Waals surface area contributed by atoms with E-state index < -0.39 is 0 Å². The molecule has 0 aliphatic carbocycles. The third-order valence-electron chi connectivity index (χ3n) is 2.63. The van der Waals surface area contributed by atoms with Gasteiger partial charge in [-0.15, -0.1) is 0 Å². The fourth-order valence-corrected chi connectivity index (χ4v) is 1.54. The summed E-state index contributed by atoms with van der Waals surface area (Å²) in [6.07, 6.45) is 12.0. The van der Waals surface area contributed by atoms with Crippen molar-refractivity contribution in [1.29, 1.82) is 0 Å². The van der Waals surface area contributed by atoms with Gasteiger partial charge >= 0.3 is 0 Å². The number of hydrogen-bond donors (Lipinski definition) is 2. The highest BCUT2D eigenvalue weighted by Crippen LogP contribution is 2.05. The second-order valence-electron chi connectivity index (χ2n) is 4.53. The van der Waals surface area contributed by atoms with Gasteiger partial charge in [0.15, 0.2) is 0 Å². The summed E-state index contributed by atoms with van der Waals surface area (Å²) >= 11 is 0. The Morgan fingerprint density at radius 3 is 1.50 bits per heavy atom. The maximum absolute atomic E-state index is 7.62. The van der Waals surface area contributed by atoms with Gasteiger partial charge in [-0.1, -0.05) is 58.8 Å². The summed E-state index contributed by atoms with van der Waals surface area (Å²) < 4.78 is 5.54. The van der Waals surface area contributed by atoms with Crippen molar-refractivity contribution in [2.24, 2.45) is 0 Å². The molecule has 0 aliphatic rings. The smallest absolute Gasteiger partial charge is 0.0662 e. The van der Waals surface area contributed by atoms with Gasteiger partial charge in [0.25, 0.3) is 0 Å². The van der Waals surface area contributed by atoms with Gasteiger partial charge < -0.3 is 14.9 Å². The van der Waals surface area contributed by atoms with Gasteiger partial charge in [-0.25, -0.2) is 0 Å². The molecule has 0 amide bonds. The minimum absolute atomic E-state index is 0.125. The topological polar surface area (TPSA) is 49.7 Å². The molecule has 0 spiro atoms. The van der Waals surface area contributed by atoms with Crippen molar-refractivity contribution in [3.63, 3.8) is 0 Å². The highest BCUT2D eigenvalue weighted by Gasteiger charge is 1.91. The van der Waals surface area contributed by atoms with Crippen LogP contribution in [0.4, 0.5) is 0 Å². The molecule has 0 heterocycles. The second kappa shape index (κ2) is 22.1. The number of rotatable bonds is 12. The zero-order valence-electron chi connectivity index (χ0n) is 12.5. The Bertz CT molecular complexity index is 104. The number of aliphatic hydroxyl groups is 2. The Balaban J connectivity index is 0. The van der Waals surface area contributed by atoms with Crippen molar-refractivity contribution in [2.75, 3.05) is 26.4 Å². The van der Waals surface area contributed by atoms with E-state index in [4.69, 9.17) is 14.9 Å². The van der Waals surface area contributed by atoms with E-state index in [1.165, 1.54) is 57.8 Å². The van der Waals surface area contributed by atoms with E-state index in [0.29, 0.717) is 0 Å². The van der Waals surface area contributed by atoms with E-state index in [1.807, 2.05) is 0 Å². The molecule has 0 unspecified atom stereocenters. The molecule has 0 fully saturated rings. The zero-order chi connectivity index (χ0) is 13.9. The van der Waals surface area contributed by atoms with Crippen LogP contribution in [-0.2, 0) is 4.74 Å². The summed E-state index contributed by atoms with van der Waals surface area (Å²) in [5.41, 5.74) is 0. The first-order valence-electron chi connectivity index (χ1n) is 7.62. The van der Waals surface area contributed by atoms with Crippen molar-refractivity contribution >= 4 is 0 Å². The van der Waals surface area contributed by atoms with Crippen molar-refractivity contribution in [3.8, 4) is 0 Å². The SMILES string of the molecule is CCCCCCCCOCCCCC.OCCO. The average molecular weight is 262 g/mol. The van der Waals surface area contributed by atoms with E-state index >= 15 is 0 Å². The molecule has 3 nitrogen and oxygen atoms in total. The van der Waals surface area contributed by atoms with Crippen LogP contribution in [0.2, 0.25) is 0 Å². The molecule has 0 bridgehead atoms. The van der Waals surface area contributed by atoms with Crippen LogP contribution in [0.3, 0.4) is 0 Å². The standard InChI is InChI=1S/C13H28O.C2H6O2/c1-3-5-7-8-9-11-13-14-12-10-6-4-2;3-1-2-4/h3-13H2,1-2H3;3-4H,1-2H2. The quantitative estimate of drug-likeness (QED) is 0.529. The normalized spacial score (nSPS) is 10.0. The zero-order valence-corrected chi connectivity index (χ0v) is 12.5. The third kappa shape index (κ3) is 24.9. The number of aliphatic hydroxyl groups excluding tert-OH is 2. The van der Waals surface area contributed by atoms with Crippen LogP contribution in [0.15, 0.2) is 0 Å². The summed E-state index contributed by atoms with van der Waals surface area (Å²) in [6, 6.07) is 0. The Hall–Kier alpha value is -0.120. The van der Waals surface area contributed by atoms with Gasteiger partial charge in [0.2, 0.25) is 0 Å². The lowest BCUT2D eigenvalue weighted by Crippen LogP contribution is -1.96. The largest absolute Gasteiger partial charge is 0.394 e. The van der Waals surface area contributed by atoms with Gasteiger partial charge in [-0.05, 0) is 12.8 Å². The van der Waals surface area contributed by atoms with E-state index in [-0.39, 0.29) is 13.2 Å². The van der Waals surface area contributed by atoms with Crippen molar-refractivity contribution in [2.45, 2.75) is 71.6 Å². The lowest BCUT2D eigenvalue weighted by molar-refractivity contribution is 0.126. The summed E-state index contributed by atoms with van der Waals surface area (Å²) in [4.78, 5) is 0. The molecule has 0 atom stereocenters. The van der Waals surface area contributed by atoms with Crippen molar-refractivity contribution in [3.05, 3.63) is 0 Å². The molecular formula is C15H34O3. The molecule has 0 aromatic heterocycles. The Labute approximate surface area is 114 Å². The minimum Gasteiger partial charge on any atom is -0.394 e. The van der Waals surface area contributed by atoms with Crippen LogP contribution in [0, 0.1) is 0 Å². The number of hydrogen-bond acceptors (Lipinski definition) is 3. The van der Waals surface area contributed by atoms with Crippen LogP contribution in [0.5, 0.6) is 0 Å². The highest BCUT2D eigenvalue weighted by atomic mass is 16.5. The summed E-state index contributed by atoms with van der Waals surface area (Å²) in [7, 11) is 0. The van der Waals surface area contributed by atoms with E-state index in [0.717, 1.165) is 13.2 Å². The Morgan fingerprint density at radius 2 is 1.00 bits per heavy atom. The fourth-order valence-electron chi connectivity index (χ4n) is 1.54. The maximum atomic E-state index is 7.62. The lowest BCUT2D eigenvalue weighted by Gasteiger charge is -2.03. The maximum Gasteiger partial charge on any atom is 0.0662 e. The monoisotopic (exact) mass is 262 g/mol. The molecule has 2 N–H and O–H groups in total. The van der Waals surface area contributed by atoms with Gasteiger partial charge in [0, 0.05) is 13.2 Å². The van der Waals surface area contributed by atoms with Crippen LogP contribution in [-0.4, -0.2) is 36.6 Å². The van der Waals surface area contributed by atoms with Gasteiger partial charge in [-0.2, -0.15) is 0 Å². The second-order valence-corrected chi connectivity index (χ2v) is 4.53. The summed E-state index contributed by atoms with van der Waals surface area (Å²) in [5, 5.41) is 15.2. The molecule has 0 aliphatic heterocycles. The molecule has 0 radical (unpaired) electrons. The van der Waals surface area contributed by atoms with E-state index in [1.54, 1.807) is 0 Å². The third-order valence-corrected chi connectivity index (χ3v) is 2.63. The number of ether oxygens (including phenoxy) is 1. The Morgan fingerprint density at radius 1 is 0.611 bits per heavy atom. The molecule has 3 heteroatoms. The first-order chi connectivity index (χ1) is 8.83. The molecular weight excluding hydrogens is 228 g/mol. The summed E-state index contributed by atoms with van der Waals surface area (Å²) in [6.45, 7) is 6.20. The van der Waals surface area contributed by atoms with E-state index in [2.05, 4.69) is 13.8 Å². The molecule has 0 saturated heterocycles. The van der Waals surface area contributed by atoms with Gasteiger partial charge in [0.05, 0.1) is 13.2 Å². The first-order valence-corrected chi connectivity index (χ1v) is 7.62. The van der Waals surface area contributed by atoms with Gasteiger partial charge in [-0.3, -0.25) is 0 Å². The number of unbranched alkanes of at least 4 members (excludes halogenated alkanes) is 7. The van der Waals surface area contributed by atoms with Crippen LogP contribution < -0.4 is 0 Å². The van der Waals surface area contributed by atoms with Gasteiger partial charge in [0.1, 0.15) is 0 Å². The molecule has 0 aromatic carbocycles. The Kier molecular flexibility index (Phi) is 24.8. The van der Waals surface area contributed by atoms with Crippen molar-refractivity contribution in [1.82, 2.24) is 0 Å². The fraction of sp³-hybridized carbons (Fsp3) is 1.00. The highest BCUT2D eigenvalue weighted by molar-refractivity contribution is 4.43. The predicted molar refractivity (Wildman–Crippen MR) is 77.9 cm³/mol. The van der Waals surface area contributed by atoms with Crippen LogP contribution >= 0.6 is 0 Å². The molecule has 112 valence electrons. The van der Waals surface area contributed by atoms with Crippen LogP contribution in [0.25, 0.3) is 0 Å². The van der Waals surface area contributed by atoms with Crippen LogP contribution in [0.1, 0.15) is 71.6 Å². The molecule has 0 rings (SSSR count). The average Bonchev–Trinajstić information content (AvgIpc) is 2.41. The lowest BCUT2D eigenvalue weighted by atomic mass is 10.1. The molecule has 18 heavy (non-hydrogen) atoms. The van der Waals surface area contributed by atoms with E-state index in [9.17, 15) is 0 Å². The molecule has 0 aromatic rings. The minimum atomic E-state index is -0.125. The predicted octanol–water partition coefficient (Wildman–Crippen LogP) is 3.52. The summed E-state index contributed by atoms with van der Waals surface area (Å²) in [5.74, 6) is 0.